The molecule has 0 nitrogen and oxygen atoms in total. The van der Waals surface area contributed by atoms with Crippen LogP contribution in [0.4, 0.5) is 0 Å². The molecule has 0 spiro atoms. The Balaban J connectivity index is 1.90. The maximum absolute atomic E-state index is 2.61. The first kappa shape index (κ1) is 13.6. The molecule has 3 heterocycles. The zero-order valence-electron chi connectivity index (χ0n) is 12.6. The van der Waals surface area contributed by atoms with Crippen molar-refractivity contribution in [1.82, 2.24) is 0 Å². The van der Waals surface area contributed by atoms with E-state index in [1.165, 1.54) is 9.40 Å². The van der Waals surface area contributed by atoms with E-state index in [0.717, 1.165) is 6.42 Å². The van der Waals surface area contributed by atoms with Crippen molar-refractivity contribution < 1.29 is 0 Å². The van der Waals surface area contributed by atoms with Crippen molar-refractivity contribution in [2.45, 2.75) is 16.3 Å². The molecule has 4 aromatic rings. The van der Waals surface area contributed by atoms with Crippen LogP contribution < -0.4 is 7.16 Å². The second-order valence-electron chi connectivity index (χ2n) is 6.59. The molecule has 0 unspecified atom stereocenters. The van der Waals surface area contributed by atoms with Crippen molar-refractivity contribution in [1.29, 1.82) is 0 Å². The van der Waals surface area contributed by atoms with E-state index in [9.17, 15) is 0 Å². The Hall–Kier alpha value is -0.841. The summed E-state index contributed by atoms with van der Waals surface area (Å²) in [6.45, 7) is 0. The molecule has 0 saturated carbocycles. The summed E-state index contributed by atoms with van der Waals surface area (Å²) in [5, 5.41) is 3.09. The van der Waals surface area contributed by atoms with Gasteiger partial charge in [0.1, 0.15) is 0 Å². The van der Waals surface area contributed by atoms with E-state index < -0.39 is 18.4 Å². The summed E-state index contributed by atoms with van der Waals surface area (Å²) in [5.74, 6) is 0. The standard InChI is InChI=1S/C17H10S2.2CH3.Sn/c1-3-7-16-12(5-1)9-14(18-16)11-15-10-13-6-2-4-8-17(13)19-15;;;/h1-8H,11H2;2*1H3;. The van der Waals surface area contributed by atoms with E-state index in [4.69, 9.17) is 0 Å². The molecule has 108 valence electrons. The third kappa shape index (κ3) is 1.69. The number of fused-ring (bicyclic) bond motifs is 6. The Kier molecular flexibility index (Phi) is 2.83. The molecule has 3 heteroatoms. The molecule has 5 rings (SSSR count). The molecular formula is C19H16S2Sn. The molecular weight excluding hydrogens is 411 g/mol. The summed E-state index contributed by atoms with van der Waals surface area (Å²) >= 11 is 1.55. The summed E-state index contributed by atoms with van der Waals surface area (Å²) in [6, 6.07) is 18.1. The van der Waals surface area contributed by atoms with Crippen LogP contribution in [0.15, 0.2) is 48.5 Å². The fourth-order valence-corrected chi connectivity index (χ4v) is 21.5. The van der Waals surface area contributed by atoms with Crippen LogP contribution in [0, 0.1) is 0 Å². The molecule has 0 radical (unpaired) electrons. The van der Waals surface area contributed by atoms with Gasteiger partial charge in [-0.1, -0.05) is 0 Å². The summed E-state index contributed by atoms with van der Waals surface area (Å²) in [6.07, 6.45) is 1.16. The SMILES string of the molecule is [CH3][Sn]1([CH3])[c]2c(sc3ccccc23)Cc2sc3ccccc3[c]21. The Morgan fingerprint density at radius 1 is 0.727 bits per heavy atom. The Morgan fingerprint density at radius 2 is 1.18 bits per heavy atom. The normalized spacial score (nSPS) is 15.9. The quantitative estimate of drug-likeness (QED) is 0.353. The monoisotopic (exact) mass is 428 g/mol. The van der Waals surface area contributed by atoms with Gasteiger partial charge in [0.15, 0.2) is 0 Å². The molecule has 1 aliphatic rings. The predicted molar refractivity (Wildman–Crippen MR) is 103 cm³/mol. The number of rotatable bonds is 0. The van der Waals surface area contributed by atoms with Gasteiger partial charge in [0.05, 0.1) is 0 Å². The first-order valence-electron chi connectivity index (χ1n) is 7.68. The number of benzene rings is 2. The Labute approximate surface area is 142 Å². The second-order valence-corrected chi connectivity index (χ2v) is 21.0. The topological polar surface area (TPSA) is 0 Å². The fourth-order valence-electron chi connectivity index (χ4n) is 4.08. The van der Waals surface area contributed by atoms with Crippen LogP contribution >= 0.6 is 22.7 Å². The van der Waals surface area contributed by atoms with Crippen molar-refractivity contribution in [2.75, 3.05) is 0 Å². The minimum absolute atomic E-state index is 1.16. The van der Waals surface area contributed by atoms with Crippen LogP contribution in [0.5, 0.6) is 0 Å². The molecule has 0 atom stereocenters. The average Bonchev–Trinajstić information content (AvgIpc) is 3.05. The van der Waals surface area contributed by atoms with Crippen LogP contribution in [0.25, 0.3) is 20.2 Å². The van der Waals surface area contributed by atoms with Gasteiger partial charge in [-0.25, -0.2) is 0 Å². The molecule has 0 amide bonds. The molecule has 0 aliphatic carbocycles. The van der Waals surface area contributed by atoms with Gasteiger partial charge < -0.3 is 0 Å². The fraction of sp³-hybridized carbons (Fsp3) is 0.158. The molecule has 2 aromatic carbocycles. The zero-order chi connectivity index (χ0) is 14.9. The van der Waals surface area contributed by atoms with E-state index in [2.05, 4.69) is 58.4 Å². The molecule has 0 N–H and O–H groups in total. The van der Waals surface area contributed by atoms with Gasteiger partial charge >= 0.3 is 143 Å². The summed E-state index contributed by atoms with van der Waals surface area (Å²) in [7, 11) is 0. The van der Waals surface area contributed by atoms with E-state index in [1.807, 2.05) is 22.7 Å². The van der Waals surface area contributed by atoms with Crippen molar-refractivity contribution in [3.63, 3.8) is 0 Å². The molecule has 0 bridgehead atoms. The van der Waals surface area contributed by atoms with Gasteiger partial charge in [0, 0.05) is 0 Å². The van der Waals surface area contributed by atoms with Gasteiger partial charge in [-0.15, -0.1) is 0 Å². The molecule has 22 heavy (non-hydrogen) atoms. The van der Waals surface area contributed by atoms with Gasteiger partial charge in [0.2, 0.25) is 0 Å². The van der Waals surface area contributed by atoms with E-state index >= 15 is 0 Å². The zero-order valence-corrected chi connectivity index (χ0v) is 17.1. The third-order valence-corrected chi connectivity index (χ3v) is 18.7. The number of hydrogen-bond donors (Lipinski definition) is 0. The van der Waals surface area contributed by atoms with Crippen LogP contribution in [0.3, 0.4) is 0 Å². The van der Waals surface area contributed by atoms with E-state index in [1.54, 1.807) is 27.7 Å². The van der Waals surface area contributed by atoms with Crippen molar-refractivity contribution >= 4 is 68.4 Å². The summed E-state index contributed by atoms with van der Waals surface area (Å²) < 4.78 is 6.50. The molecule has 1 aliphatic heterocycles. The Morgan fingerprint density at radius 3 is 1.68 bits per heavy atom. The molecule has 2 aromatic heterocycles. The van der Waals surface area contributed by atoms with Crippen molar-refractivity contribution in [3.05, 3.63) is 58.3 Å². The van der Waals surface area contributed by atoms with Crippen molar-refractivity contribution in [2.24, 2.45) is 0 Å². The van der Waals surface area contributed by atoms with Crippen LogP contribution in [0.1, 0.15) is 9.75 Å². The average molecular weight is 427 g/mol. The van der Waals surface area contributed by atoms with Crippen LogP contribution in [0.2, 0.25) is 9.88 Å². The molecule has 0 fully saturated rings. The Bertz CT molecular complexity index is 954. The van der Waals surface area contributed by atoms with Crippen LogP contribution in [-0.4, -0.2) is 18.4 Å². The molecule has 0 saturated heterocycles. The maximum atomic E-state index is 2.61. The number of thiophene rings is 2. The second kappa shape index (κ2) is 4.59. The van der Waals surface area contributed by atoms with Gasteiger partial charge in [-0.2, -0.15) is 0 Å². The predicted octanol–water partition coefficient (Wildman–Crippen LogP) is 4.84. The first-order valence-corrected chi connectivity index (χ1v) is 17.9. The summed E-state index contributed by atoms with van der Waals surface area (Å²) in [4.78, 5) is 8.54. The van der Waals surface area contributed by atoms with E-state index in [0.29, 0.717) is 0 Å². The van der Waals surface area contributed by atoms with Gasteiger partial charge in [-0.05, 0) is 0 Å². The van der Waals surface area contributed by atoms with Gasteiger partial charge in [0.25, 0.3) is 0 Å². The van der Waals surface area contributed by atoms with Gasteiger partial charge in [-0.3, -0.25) is 0 Å². The number of hydrogen-bond acceptors (Lipinski definition) is 2. The minimum atomic E-state index is -2.52. The van der Waals surface area contributed by atoms with Crippen LogP contribution in [-0.2, 0) is 6.42 Å². The first-order chi connectivity index (χ1) is 10.7. The van der Waals surface area contributed by atoms with E-state index in [-0.39, 0.29) is 0 Å². The van der Waals surface area contributed by atoms with Crippen molar-refractivity contribution in [3.8, 4) is 0 Å². The summed E-state index contributed by atoms with van der Waals surface area (Å²) in [5.41, 5.74) is 0. The third-order valence-electron chi connectivity index (χ3n) is 4.91.